The Kier molecular flexibility index (Phi) is 6.93. The Bertz CT molecular complexity index is 1890. The molecule has 2 aliphatic rings. The van der Waals surface area contributed by atoms with Gasteiger partial charge in [0.2, 0.25) is 0 Å². The van der Waals surface area contributed by atoms with Gasteiger partial charge in [-0.3, -0.25) is 9.59 Å². The molecule has 10 heteroatoms. The molecule has 2 heterocycles. The zero-order chi connectivity index (χ0) is 28.7. The molecule has 0 radical (unpaired) electrons. The molecule has 0 fully saturated rings. The van der Waals surface area contributed by atoms with Crippen molar-refractivity contribution in [2.75, 3.05) is 19.0 Å². The van der Waals surface area contributed by atoms with Crippen molar-refractivity contribution in [3.8, 4) is 5.75 Å². The fourth-order valence-corrected chi connectivity index (χ4v) is 6.49. The number of amides is 1. The van der Waals surface area contributed by atoms with E-state index >= 15 is 0 Å². The summed E-state index contributed by atoms with van der Waals surface area (Å²) in [5.41, 5.74) is 4.53. The SMILES string of the molecule is COc1ccc(S(=O)(=O)NC(=O)c2c(C3=CC=CCC3=O)c3cc(Cl)ccc3n2Cc2ccc3c(c2)NCC3)cc1. The number of anilines is 1. The Balaban J connectivity index is 1.53. The van der Waals surface area contributed by atoms with E-state index in [0.29, 0.717) is 32.8 Å². The Morgan fingerprint density at radius 3 is 2.66 bits per heavy atom. The van der Waals surface area contributed by atoms with E-state index in [1.54, 1.807) is 41.0 Å². The fraction of sp³-hybridized carbons (Fsp3) is 0.161. The summed E-state index contributed by atoms with van der Waals surface area (Å²) in [5.74, 6) is -0.555. The third kappa shape index (κ3) is 5.03. The number of sulfonamides is 1. The first kappa shape index (κ1) is 26.9. The van der Waals surface area contributed by atoms with Crippen LogP contribution in [0.15, 0.2) is 83.8 Å². The van der Waals surface area contributed by atoms with Crippen molar-refractivity contribution in [2.45, 2.75) is 24.3 Å². The average molecular weight is 588 g/mol. The summed E-state index contributed by atoms with van der Waals surface area (Å²) in [6.45, 7) is 1.12. The van der Waals surface area contributed by atoms with Gasteiger partial charge in [-0.05, 0) is 66.1 Å². The molecule has 1 aromatic heterocycles. The standard InChI is InChI=1S/C31H26ClN3O5S/c1-40-22-9-11-23(12-10-22)41(38,39)34-31(37)30-29(24-4-2-3-5-28(24)36)25-17-21(32)8-13-27(25)35(30)18-19-6-7-20-14-15-33-26(20)16-19/h2-4,6-13,16-17,33H,5,14-15,18H2,1H3,(H,34,37). The van der Waals surface area contributed by atoms with Crippen molar-refractivity contribution in [2.24, 2.45) is 0 Å². The number of carbonyl (C=O) groups is 2. The van der Waals surface area contributed by atoms with Gasteiger partial charge in [0, 0.05) is 52.3 Å². The number of ketones is 1. The van der Waals surface area contributed by atoms with Crippen molar-refractivity contribution < 1.29 is 22.7 Å². The molecular formula is C31H26ClN3O5S. The maximum absolute atomic E-state index is 14.0. The van der Waals surface area contributed by atoms with Crippen molar-refractivity contribution in [3.05, 3.63) is 106 Å². The lowest BCUT2D eigenvalue weighted by molar-refractivity contribution is -0.113. The third-order valence-electron chi connectivity index (χ3n) is 7.33. The van der Waals surface area contributed by atoms with E-state index in [1.807, 2.05) is 12.1 Å². The Labute approximate surface area is 242 Å². The number of aromatic nitrogens is 1. The number of hydrogen-bond donors (Lipinski definition) is 2. The molecule has 0 atom stereocenters. The van der Waals surface area contributed by atoms with Gasteiger partial charge in [0.05, 0.1) is 12.0 Å². The van der Waals surface area contributed by atoms with Gasteiger partial charge >= 0.3 is 0 Å². The molecule has 1 amide bonds. The number of Topliss-reactive ketones (excluding diaryl/α,β-unsaturated/α-hetero) is 1. The van der Waals surface area contributed by atoms with Crippen LogP contribution in [0.4, 0.5) is 5.69 Å². The summed E-state index contributed by atoms with van der Waals surface area (Å²) >= 11 is 6.40. The van der Waals surface area contributed by atoms with E-state index in [2.05, 4.69) is 16.1 Å². The molecule has 4 aromatic rings. The minimum Gasteiger partial charge on any atom is -0.497 e. The number of methoxy groups -OCH3 is 1. The van der Waals surface area contributed by atoms with E-state index in [4.69, 9.17) is 16.3 Å². The van der Waals surface area contributed by atoms with Gasteiger partial charge in [-0.15, -0.1) is 0 Å². The van der Waals surface area contributed by atoms with Gasteiger partial charge in [-0.25, -0.2) is 13.1 Å². The number of nitrogens with zero attached hydrogens (tertiary/aromatic N) is 1. The van der Waals surface area contributed by atoms with Crippen molar-refractivity contribution >= 4 is 55.5 Å². The second-order valence-corrected chi connectivity index (χ2v) is 12.0. The van der Waals surface area contributed by atoms with Crippen LogP contribution < -0.4 is 14.8 Å². The molecule has 208 valence electrons. The minimum atomic E-state index is -4.26. The lowest BCUT2D eigenvalue weighted by Crippen LogP contribution is -2.33. The van der Waals surface area contributed by atoms with Crippen LogP contribution in [0.2, 0.25) is 5.02 Å². The third-order valence-corrected chi connectivity index (χ3v) is 8.92. The highest BCUT2D eigenvalue weighted by Crippen LogP contribution is 2.37. The predicted octanol–water partition coefficient (Wildman–Crippen LogP) is 5.35. The van der Waals surface area contributed by atoms with E-state index in [1.165, 1.54) is 36.9 Å². The van der Waals surface area contributed by atoms with Gasteiger partial charge in [-0.1, -0.05) is 42.0 Å². The van der Waals surface area contributed by atoms with Gasteiger partial charge in [-0.2, -0.15) is 0 Å². The van der Waals surface area contributed by atoms with Crippen LogP contribution in [0.1, 0.15) is 33.6 Å². The quantitative estimate of drug-likeness (QED) is 0.302. The number of allylic oxidation sites excluding steroid dienone is 4. The highest BCUT2D eigenvalue weighted by molar-refractivity contribution is 7.90. The monoisotopic (exact) mass is 587 g/mol. The molecule has 1 aliphatic heterocycles. The van der Waals surface area contributed by atoms with Crippen LogP contribution in [0.3, 0.4) is 0 Å². The van der Waals surface area contributed by atoms with Crippen LogP contribution in [-0.2, 0) is 27.8 Å². The molecule has 8 nitrogen and oxygen atoms in total. The van der Waals surface area contributed by atoms with Crippen LogP contribution in [0.5, 0.6) is 5.75 Å². The zero-order valence-corrected chi connectivity index (χ0v) is 23.7. The number of carbonyl (C=O) groups excluding carboxylic acids is 2. The number of fused-ring (bicyclic) bond motifs is 2. The summed E-state index contributed by atoms with van der Waals surface area (Å²) in [7, 11) is -2.78. The van der Waals surface area contributed by atoms with Crippen LogP contribution in [0, 0.1) is 0 Å². The second kappa shape index (κ2) is 10.6. The Morgan fingerprint density at radius 2 is 1.90 bits per heavy atom. The van der Waals surface area contributed by atoms with Gasteiger partial charge in [0.25, 0.3) is 15.9 Å². The molecule has 0 bridgehead atoms. The highest BCUT2D eigenvalue weighted by atomic mass is 35.5. The van der Waals surface area contributed by atoms with Gasteiger partial charge in [0.1, 0.15) is 11.4 Å². The first-order valence-corrected chi connectivity index (χ1v) is 14.9. The summed E-state index contributed by atoms with van der Waals surface area (Å²) in [5, 5.41) is 4.38. The maximum atomic E-state index is 14.0. The molecule has 1 aliphatic carbocycles. The maximum Gasteiger partial charge on any atom is 0.282 e. The number of nitrogens with one attached hydrogen (secondary N) is 2. The van der Waals surface area contributed by atoms with E-state index in [9.17, 15) is 18.0 Å². The van der Waals surface area contributed by atoms with Gasteiger partial charge < -0.3 is 14.6 Å². The largest absolute Gasteiger partial charge is 0.497 e. The molecule has 0 spiro atoms. The van der Waals surface area contributed by atoms with E-state index in [-0.39, 0.29) is 29.3 Å². The van der Waals surface area contributed by atoms with Crippen molar-refractivity contribution in [1.29, 1.82) is 0 Å². The lowest BCUT2D eigenvalue weighted by Gasteiger charge is -2.15. The molecule has 41 heavy (non-hydrogen) atoms. The minimum absolute atomic E-state index is 0.0581. The molecule has 2 N–H and O–H groups in total. The van der Waals surface area contributed by atoms with Gasteiger partial charge in [0.15, 0.2) is 5.78 Å². The molecule has 0 saturated heterocycles. The molecule has 3 aromatic carbocycles. The first-order valence-electron chi connectivity index (χ1n) is 13.0. The number of hydrogen-bond acceptors (Lipinski definition) is 6. The fourth-order valence-electron chi connectivity index (χ4n) is 5.37. The summed E-state index contributed by atoms with van der Waals surface area (Å²) in [6, 6.07) is 17.0. The predicted molar refractivity (Wildman–Crippen MR) is 159 cm³/mol. The van der Waals surface area contributed by atoms with Crippen LogP contribution >= 0.6 is 11.6 Å². The molecule has 6 rings (SSSR count). The average Bonchev–Trinajstić information content (AvgIpc) is 3.55. The van der Waals surface area contributed by atoms with E-state index in [0.717, 1.165) is 24.2 Å². The summed E-state index contributed by atoms with van der Waals surface area (Å²) in [6.07, 6.45) is 6.25. The zero-order valence-electron chi connectivity index (χ0n) is 22.1. The number of benzene rings is 3. The summed E-state index contributed by atoms with van der Waals surface area (Å²) in [4.78, 5) is 27.1. The number of ether oxygens (including phenoxy) is 1. The van der Waals surface area contributed by atoms with Crippen molar-refractivity contribution in [1.82, 2.24) is 9.29 Å². The smallest absolute Gasteiger partial charge is 0.282 e. The Hall–Kier alpha value is -4.34. The Morgan fingerprint density at radius 1 is 1.10 bits per heavy atom. The number of halogens is 1. The normalized spacial score (nSPS) is 14.5. The van der Waals surface area contributed by atoms with Crippen LogP contribution in [-0.4, -0.2) is 38.3 Å². The van der Waals surface area contributed by atoms with Crippen molar-refractivity contribution in [3.63, 3.8) is 0 Å². The second-order valence-electron chi connectivity index (χ2n) is 9.89. The molecule has 0 unspecified atom stereocenters. The highest BCUT2D eigenvalue weighted by Gasteiger charge is 2.31. The van der Waals surface area contributed by atoms with Crippen LogP contribution in [0.25, 0.3) is 16.5 Å². The number of rotatable bonds is 7. The lowest BCUT2D eigenvalue weighted by atomic mass is 9.93. The molecular weight excluding hydrogens is 562 g/mol. The molecule has 0 saturated carbocycles. The first-order chi connectivity index (χ1) is 19.7. The summed E-state index contributed by atoms with van der Waals surface area (Å²) < 4.78 is 35.8. The topological polar surface area (TPSA) is 106 Å². The van der Waals surface area contributed by atoms with E-state index < -0.39 is 15.9 Å².